The first kappa shape index (κ1) is 20.1. The van der Waals surface area contributed by atoms with E-state index >= 15 is 0 Å². The van der Waals surface area contributed by atoms with Gasteiger partial charge in [-0.2, -0.15) is 0 Å². The molecule has 1 aromatic carbocycles. The third-order valence-electron chi connectivity index (χ3n) is 5.26. The lowest BCUT2D eigenvalue weighted by Crippen LogP contribution is -2.28. The van der Waals surface area contributed by atoms with Crippen LogP contribution in [-0.4, -0.2) is 53.7 Å². The van der Waals surface area contributed by atoms with Crippen LogP contribution in [0.25, 0.3) is 0 Å². The van der Waals surface area contributed by atoms with E-state index in [0.717, 1.165) is 25.3 Å². The van der Waals surface area contributed by atoms with Crippen molar-refractivity contribution in [2.75, 3.05) is 19.7 Å². The molecule has 2 aliphatic heterocycles. The smallest absolute Gasteiger partial charge is 0.307 e. The Bertz CT molecular complexity index is 712. The molecule has 0 amide bonds. The summed E-state index contributed by atoms with van der Waals surface area (Å²) >= 11 is 0. The zero-order chi connectivity index (χ0) is 19.9. The van der Waals surface area contributed by atoms with E-state index in [9.17, 15) is 9.59 Å². The van der Waals surface area contributed by atoms with Crippen LogP contribution in [0.15, 0.2) is 29.4 Å². The summed E-state index contributed by atoms with van der Waals surface area (Å²) < 4.78 is 5.83. The monoisotopic (exact) mass is 390 g/mol. The third kappa shape index (κ3) is 5.45. The van der Waals surface area contributed by atoms with Crippen LogP contribution in [0.1, 0.15) is 37.7 Å². The molecule has 1 fully saturated rings. The summed E-state index contributed by atoms with van der Waals surface area (Å²) in [5.41, 5.74) is 1.18. The van der Waals surface area contributed by atoms with E-state index in [1.165, 1.54) is 12.8 Å². The molecule has 0 spiro atoms. The highest BCUT2D eigenvalue weighted by atomic mass is 16.6. The lowest BCUT2D eigenvalue weighted by atomic mass is 9.88. The number of hydrogen-bond donors (Lipinski definition) is 3. The van der Waals surface area contributed by atoms with Crippen molar-refractivity contribution in [3.05, 3.63) is 29.8 Å². The van der Waals surface area contributed by atoms with E-state index < -0.39 is 24.0 Å². The van der Waals surface area contributed by atoms with Crippen LogP contribution >= 0.6 is 0 Å². The second-order valence-corrected chi connectivity index (χ2v) is 7.28. The Balaban J connectivity index is 1.58. The van der Waals surface area contributed by atoms with Crippen LogP contribution in [0.3, 0.4) is 0 Å². The molecule has 152 valence electrons. The van der Waals surface area contributed by atoms with Gasteiger partial charge in [0.05, 0.1) is 31.1 Å². The fraction of sp³-hybridized carbons (Fsp3) is 0.550. The summed E-state index contributed by atoms with van der Waals surface area (Å²) in [6.07, 6.45) is 2.11. The zero-order valence-electron chi connectivity index (χ0n) is 15.7. The van der Waals surface area contributed by atoms with Crippen molar-refractivity contribution >= 4 is 17.7 Å². The number of benzene rings is 1. The molecule has 1 aromatic rings. The van der Waals surface area contributed by atoms with Crippen LogP contribution < -0.4 is 10.1 Å². The summed E-state index contributed by atoms with van der Waals surface area (Å²) in [5, 5.41) is 25.5. The summed E-state index contributed by atoms with van der Waals surface area (Å²) in [4.78, 5) is 27.4. The Morgan fingerprint density at radius 3 is 2.43 bits per heavy atom. The molecule has 0 saturated carbocycles. The number of rotatable bonds is 9. The van der Waals surface area contributed by atoms with E-state index in [4.69, 9.17) is 19.8 Å². The molecule has 28 heavy (non-hydrogen) atoms. The van der Waals surface area contributed by atoms with E-state index in [0.29, 0.717) is 23.8 Å². The highest BCUT2D eigenvalue weighted by molar-refractivity contribution is 6.04. The van der Waals surface area contributed by atoms with Gasteiger partial charge in [0.1, 0.15) is 11.9 Å². The van der Waals surface area contributed by atoms with Gasteiger partial charge in [0.15, 0.2) is 0 Å². The number of nitrogens with one attached hydrogen (secondary N) is 1. The fourth-order valence-corrected chi connectivity index (χ4v) is 3.71. The molecule has 3 N–H and O–H groups in total. The van der Waals surface area contributed by atoms with Crippen LogP contribution in [0, 0.1) is 11.8 Å². The number of piperidine rings is 1. The van der Waals surface area contributed by atoms with Gasteiger partial charge >= 0.3 is 11.9 Å². The van der Waals surface area contributed by atoms with Crippen molar-refractivity contribution in [1.29, 1.82) is 0 Å². The topological polar surface area (TPSA) is 117 Å². The highest BCUT2D eigenvalue weighted by Gasteiger charge is 2.37. The van der Waals surface area contributed by atoms with Gasteiger partial charge in [-0.15, -0.1) is 0 Å². The van der Waals surface area contributed by atoms with E-state index in [1.807, 2.05) is 12.1 Å². The summed E-state index contributed by atoms with van der Waals surface area (Å²) in [5.74, 6) is -1.21. The van der Waals surface area contributed by atoms with Gasteiger partial charge in [-0.1, -0.05) is 5.16 Å². The normalized spacial score (nSPS) is 22.4. The van der Waals surface area contributed by atoms with Crippen LogP contribution in [-0.2, 0) is 14.4 Å². The number of ether oxygens (including phenoxy) is 1. The molecular formula is C20H26N2O6. The SMILES string of the molecule is O=C(O)C[C@H]1ON=C(c2ccc(OCCC3CCNCC3)cc2)[C@@H]1CC(=O)O. The molecule has 1 saturated heterocycles. The maximum atomic E-state index is 11.2. The van der Waals surface area contributed by atoms with Gasteiger partial charge < -0.3 is 25.1 Å². The quantitative estimate of drug-likeness (QED) is 0.591. The average molecular weight is 390 g/mol. The third-order valence-corrected chi connectivity index (χ3v) is 5.26. The van der Waals surface area contributed by atoms with Crippen LogP contribution in [0.2, 0.25) is 0 Å². The number of oxime groups is 1. The Morgan fingerprint density at radius 2 is 1.79 bits per heavy atom. The molecule has 2 heterocycles. The first-order chi connectivity index (χ1) is 13.5. The first-order valence-electron chi connectivity index (χ1n) is 9.64. The minimum atomic E-state index is -1.05. The molecule has 8 heteroatoms. The summed E-state index contributed by atoms with van der Waals surface area (Å²) in [6.45, 7) is 2.81. The lowest BCUT2D eigenvalue weighted by molar-refractivity contribution is -0.143. The van der Waals surface area contributed by atoms with Crippen molar-refractivity contribution in [1.82, 2.24) is 5.32 Å². The molecule has 0 unspecified atom stereocenters. The summed E-state index contributed by atoms with van der Waals surface area (Å²) in [7, 11) is 0. The van der Waals surface area contributed by atoms with E-state index in [2.05, 4.69) is 10.5 Å². The average Bonchev–Trinajstić information content (AvgIpc) is 3.04. The molecule has 0 radical (unpaired) electrons. The van der Waals surface area contributed by atoms with Crippen LogP contribution in [0.5, 0.6) is 5.75 Å². The fourth-order valence-electron chi connectivity index (χ4n) is 3.71. The van der Waals surface area contributed by atoms with Crippen LogP contribution in [0.4, 0.5) is 0 Å². The predicted octanol–water partition coefficient (Wildman–Crippen LogP) is 2.12. The van der Waals surface area contributed by atoms with Gasteiger partial charge in [0.25, 0.3) is 0 Å². The van der Waals surface area contributed by atoms with Gasteiger partial charge in [-0.25, -0.2) is 0 Å². The van der Waals surface area contributed by atoms with Crippen molar-refractivity contribution in [2.24, 2.45) is 17.0 Å². The molecular weight excluding hydrogens is 364 g/mol. The molecule has 0 bridgehead atoms. The Labute approximate surface area is 163 Å². The number of carbonyl (C=O) groups is 2. The molecule has 2 aliphatic rings. The Kier molecular flexibility index (Phi) is 6.86. The minimum absolute atomic E-state index is 0.231. The number of hydrogen-bond acceptors (Lipinski definition) is 6. The van der Waals surface area contributed by atoms with Crippen molar-refractivity contribution < 1.29 is 29.4 Å². The number of aliphatic carboxylic acids is 2. The summed E-state index contributed by atoms with van der Waals surface area (Å²) in [6, 6.07) is 7.26. The standard InChI is InChI=1S/C20H26N2O6/c23-18(24)11-16-17(12-19(25)26)28-22-20(16)14-1-3-15(4-2-14)27-10-7-13-5-8-21-9-6-13/h1-4,13,16-17,21H,5-12H2,(H,23,24)(H,25,26)/t16-,17-/m1/s1. The Morgan fingerprint density at radius 1 is 1.11 bits per heavy atom. The zero-order valence-corrected chi connectivity index (χ0v) is 15.7. The second-order valence-electron chi connectivity index (χ2n) is 7.28. The number of carboxylic acids is 2. The van der Waals surface area contributed by atoms with E-state index in [1.54, 1.807) is 12.1 Å². The Hall–Kier alpha value is -2.61. The van der Waals surface area contributed by atoms with Gasteiger partial charge in [-0.05, 0) is 62.5 Å². The predicted molar refractivity (Wildman–Crippen MR) is 102 cm³/mol. The van der Waals surface area contributed by atoms with E-state index in [-0.39, 0.29) is 12.8 Å². The number of carboxylic acid groups (broad SMARTS) is 2. The molecule has 3 rings (SSSR count). The first-order valence-corrected chi connectivity index (χ1v) is 9.64. The largest absolute Gasteiger partial charge is 0.494 e. The minimum Gasteiger partial charge on any atom is -0.494 e. The maximum absolute atomic E-state index is 11.2. The second kappa shape index (κ2) is 9.54. The maximum Gasteiger partial charge on any atom is 0.307 e. The number of nitrogens with zero attached hydrogens (tertiary/aromatic N) is 1. The van der Waals surface area contributed by atoms with Crippen molar-refractivity contribution in [3.8, 4) is 5.75 Å². The molecule has 8 nitrogen and oxygen atoms in total. The van der Waals surface area contributed by atoms with Gasteiger partial charge in [0, 0.05) is 5.56 Å². The molecule has 0 aromatic heterocycles. The molecule has 2 atom stereocenters. The van der Waals surface area contributed by atoms with Gasteiger partial charge in [-0.3, -0.25) is 9.59 Å². The van der Waals surface area contributed by atoms with Crippen molar-refractivity contribution in [2.45, 2.75) is 38.2 Å². The van der Waals surface area contributed by atoms with Gasteiger partial charge in [0.2, 0.25) is 0 Å². The molecule has 0 aliphatic carbocycles. The lowest BCUT2D eigenvalue weighted by Gasteiger charge is -2.22. The van der Waals surface area contributed by atoms with Crippen molar-refractivity contribution in [3.63, 3.8) is 0 Å². The highest BCUT2D eigenvalue weighted by Crippen LogP contribution is 2.29.